The van der Waals surface area contributed by atoms with Crippen molar-refractivity contribution in [1.82, 2.24) is 23.7 Å². The molecule has 0 N–H and O–H groups in total. The zero-order valence-electron chi connectivity index (χ0n) is 43.3. The van der Waals surface area contributed by atoms with Gasteiger partial charge in [0, 0.05) is 66.1 Å². The molecule has 0 unspecified atom stereocenters. The Kier molecular flexibility index (Phi) is 10.0. The van der Waals surface area contributed by atoms with E-state index >= 15 is 0 Å². The lowest BCUT2D eigenvalue weighted by molar-refractivity contribution is 1.02. The molecular weight excluding hydrogens is 887 g/mol. The summed E-state index contributed by atoms with van der Waals surface area (Å²) in [6.45, 7) is 22.6. The van der Waals surface area contributed by atoms with Crippen molar-refractivity contribution < 1.29 is 0 Å². The highest BCUT2D eigenvalue weighted by atomic mass is 15.0. The van der Waals surface area contributed by atoms with Crippen LogP contribution in [0.4, 0.5) is 0 Å². The Hall–Kier alpha value is -8.54. The van der Waals surface area contributed by atoms with Gasteiger partial charge in [0.25, 0.3) is 0 Å². The molecule has 0 amide bonds. The number of nitrogens with zero attached hydrogens (tertiary/aromatic N) is 5. The molecule has 0 atom stereocenters. The average molecular weight is 944 g/mol. The van der Waals surface area contributed by atoms with E-state index < -0.39 is 0 Å². The van der Waals surface area contributed by atoms with Crippen molar-refractivity contribution in [2.45, 2.75) is 69.2 Å². The standard InChI is InChI=1S/C68H57N5/c1-38-35-59(70-47(10)69-38)50-36-57(48-27-31-51(32-28-48)71-60-23-15-11-19-53(60)54-20-12-16-24-61(54)71)68(73-66-45(8)41(4)39(2)43(6)64(66)65-44(7)40(3)42(5)46(9)67(65)73)58(37-50)49-29-33-52(34-30-49)72-62-25-17-13-21-55(62)56-22-14-18-26-63(56)72/h11-37H,1-10H3. The number of benzene rings is 9. The highest BCUT2D eigenvalue weighted by Gasteiger charge is 2.28. The normalized spacial score (nSPS) is 12.0. The molecule has 13 rings (SSSR count). The average Bonchev–Trinajstić information content (AvgIpc) is 4.08. The third kappa shape index (κ3) is 6.54. The van der Waals surface area contributed by atoms with E-state index in [2.05, 4.69) is 240 Å². The molecule has 9 aromatic carbocycles. The van der Waals surface area contributed by atoms with Gasteiger partial charge in [0.1, 0.15) is 5.82 Å². The molecule has 0 aliphatic heterocycles. The van der Waals surface area contributed by atoms with Crippen molar-refractivity contribution in [3.63, 3.8) is 0 Å². The minimum absolute atomic E-state index is 0.754. The van der Waals surface area contributed by atoms with Crippen LogP contribution in [0.25, 0.3) is 116 Å². The summed E-state index contributed by atoms with van der Waals surface area (Å²) in [7, 11) is 0. The maximum Gasteiger partial charge on any atom is 0.126 e. The van der Waals surface area contributed by atoms with Crippen LogP contribution in [0.15, 0.2) is 164 Å². The fourth-order valence-electron chi connectivity index (χ4n) is 12.4. The number of hydrogen-bond donors (Lipinski definition) is 0. The van der Waals surface area contributed by atoms with Crippen molar-refractivity contribution in [3.05, 3.63) is 220 Å². The predicted octanol–water partition coefficient (Wildman–Crippen LogP) is 17.9. The van der Waals surface area contributed by atoms with Gasteiger partial charge < -0.3 is 13.7 Å². The quantitative estimate of drug-likeness (QED) is 0.167. The van der Waals surface area contributed by atoms with E-state index in [9.17, 15) is 0 Å². The monoisotopic (exact) mass is 943 g/mol. The summed E-state index contributed by atoms with van der Waals surface area (Å²) in [6, 6.07) is 60.5. The minimum Gasteiger partial charge on any atom is -0.309 e. The van der Waals surface area contributed by atoms with Gasteiger partial charge in [-0.25, -0.2) is 9.97 Å². The number of aromatic nitrogens is 5. The second-order valence-corrected chi connectivity index (χ2v) is 20.5. The molecule has 73 heavy (non-hydrogen) atoms. The molecule has 5 heteroatoms. The van der Waals surface area contributed by atoms with Crippen LogP contribution in [0.5, 0.6) is 0 Å². The molecule has 354 valence electrons. The van der Waals surface area contributed by atoms with Gasteiger partial charge in [-0.05, 0) is 192 Å². The molecule has 0 fully saturated rings. The number of aryl methyl sites for hydroxylation is 6. The van der Waals surface area contributed by atoms with Gasteiger partial charge in [-0.3, -0.25) is 0 Å². The molecule has 0 radical (unpaired) electrons. The first-order valence-electron chi connectivity index (χ1n) is 25.6. The van der Waals surface area contributed by atoms with Gasteiger partial charge in [0.2, 0.25) is 0 Å². The largest absolute Gasteiger partial charge is 0.309 e. The summed E-state index contributed by atoms with van der Waals surface area (Å²) in [6.07, 6.45) is 0. The van der Waals surface area contributed by atoms with Gasteiger partial charge in [-0.15, -0.1) is 0 Å². The zero-order valence-corrected chi connectivity index (χ0v) is 43.3. The Labute approximate surface area is 426 Å². The van der Waals surface area contributed by atoms with Gasteiger partial charge >= 0.3 is 0 Å². The summed E-state index contributed by atoms with van der Waals surface area (Å²) in [5.74, 6) is 0.754. The predicted molar refractivity (Wildman–Crippen MR) is 309 cm³/mol. The number of para-hydroxylation sites is 4. The Morgan fingerprint density at radius 2 is 0.671 bits per heavy atom. The lowest BCUT2D eigenvalue weighted by Crippen LogP contribution is -2.06. The van der Waals surface area contributed by atoms with Crippen LogP contribution >= 0.6 is 0 Å². The van der Waals surface area contributed by atoms with E-state index in [4.69, 9.17) is 9.97 Å². The Bertz CT molecular complexity index is 4080. The van der Waals surface area contributed by atoms with Crippen LogP contribution in [-0.2, 0) is 0 Å². The summed E-state index contributed by atoms with van der Waals surface area (Å²) < 4.78 is 7.48. The Morgan fingerprint density at radius 3 is 1.04 bits per heavy atom. The number of fused-ring (bicyclic) bond motifs is 9. The van der Waals surface area contributed by atoms with Crippen LogP contribution in [0, 0.1) is 69.2 Å². The topological polar surface area (TPSA) is 40.6 Å². The lowest BCUT2D eigenvalue weighted by atomic mass is 9.90. The summed E-state index contributed by atoms with van der Waals surface area (Å²) >= 11 is 0. The van der Waals surface area contributed by atoms with E-state index in [1.807, 2.05) is 6.92 Å². The highest BCUT2D eigenvalue weighted by molar-refractivity contribution is 6.17. The smallest absolute Gasteiger partial charge is 0.126 e. The molecule has 0 saturated carbocycles. The first-order chi connectivity index (χ1) is 35.4. The molecule has 4 heterocycles. The summed E-state index contributed by atoms with van der Waals surface area (Å²) in [5, 5.41) is 7.68. The van der Waals surface area contributed by atoms with Gasteiger partial charge in [0.15, 0.2) is 0 Å². The summed E-state index contributed by atoms with van der Waals surface area (Å²) in [5.41, 5.74) is 28.7. The first-order valence-corrected chi connectivity index (χ1v) is 25.6. The fraction of sp³-hybridized carbons (Fsp3) is 0.147. The second-order valence-electron chi connectivity index (χ2n) is 20.5. The van der Waals surface area contributed by atoms with Crippen molar-refractivity contribution >= 4 is 65.4 Å². The van der Waals surface area contributed by atoms with Crippen LogP contribution in [-0.4, -0.2) is 23.7 Å². The van der Waals surface area contributed by atoms with Crippen LogP contribution in [0.3, 0.4) is 0 Å². The van der Waals surface area contributed by atoms with E-state index in [1.54, 1.807) is 0 Å². The van der Waals surface area contributed by atoms with Crippen LogP contribution < -0.4 is 0 Å². The highest BCUT2D eigenvalue weighted by Crippen LogP contribution is 2.49. The first kappa shape index (κ1) is 44.4. The molecule has 4 aromatic heterocycles. The molecule has 0 aliphatic carbocycles. The second kappa shape index (κ2) is 16.5. The van der Waals surface area contributed by atoms with Crippen molar-refractivity contribution in [3.8, 4) is 50.6 Å². The molecule has 0 bridgehead atoms. The van der Waals surface area contributed by atoms with E-state index in [1.165, 1.54) is 110 Å². The Balaban J connectivity index is 1.16. The molecule has 13 aromatic rings. The Morgan fingerprint density at radius 1 is 0.315 bits per heavy atom. The third-order valence-electron chi connectivity index (χ3n) is 16.6. The van der Waals surface area contributed by atoms with Gasteiger partial charge in [0.05, 0.1) is 44.5 Å². The third-order valence-corrected chi connectivity index (χ3v) is 16.6. The summed E-state index contributed by atoms with van der Waals surface area (Å²) in [4.78, 5) is 9.90. The minimum atomic E-state index is 0.754. The maximum atomic E-state index is 5.15. The van der Waals surface area contributed by atoms with E-state index in [-0.39, 0.29) is 0 Å². The fourth-order valence-corrected chi connectivity index (χ4v) is 12.4. The van der Waals surface area contributed by atoms with E-state index in [0.717, 1.165) is 62.1 Å². The van der Waals surface area contributed by atoms with Crippen molar-refractivity contribution in [1.29, 1.82) is 0 Å². The van der Waals surface area contributed by atoms with Gasteiger partial charge in [-0.2, -0.15) is 0 Å². The molecule has 5 nitrogen and oxygen atoms in total. The van der Waals surface area contributed by atoms with Gasteiger partial charge in [-0.1, -0.05) is 97.1 Å². The molecule has 0 spiro atoms. The molecular formula is C68H57N5. The number of rotatable bonds is 6. The zero-order chi connectivity index (χ0) is 50.1. The SMILES string of the molecule is Cc1cc(-c2cc(-c3ccc(-n4c5ccccc5c5ccccc54)cc3)c(-n3c4c(C)c(C)c(C)c(C)c4c4c(C)c(C)c(C)c(C)c43)c(-c3ccc(-n4c5ccccc5c5ccccc54)cc3)c2)nc(C)n1. The van der Waals surface area contributed by atoms with Crippen molar-refractivity contribution in [2.24, 2.45) is 0 Å². The molecule has 0 aliphatic rings. The van der Waals surface area contributed by atoms with Crippen LogP contribution in [0.1, 0.15) is 56.0 Å². The van der Waals surface area contributed by atoms with Crippen molar-refractivity contribution in [2.75, 3.05) is 0 Å². The maximum absolute atomic E-state index is 5.15. The van der Waals surface area contributed by atoms with E-state index in [0.29, 0.717) is 0 Å². The molecule has 0 saturated heterocycles. The van der Waals surface area contributed by atoms with Crippen LogP contribution in [0.2, 0.25) is 0 Å². The lowest BCUT2D eigenvalue weighted by Gasteiger charge is -2.24. The number of hydrogen-bond acceptors (Lipinski definition) is 2.